The Labute approximate surface area is 150 Å². The van der Waals surface area contributed by atoms with Crippen LogP contribution in [-0.2, 0) is 12.0 Å². The Balaban J connectivity index is 1.93. The fourth-order valence-corrected chi connectivity index (χ4v) is 3.29. The van der Waals surface area contributed by atoms with Crippen LogP contribution in [0.5, 0.6) is 5.88 Å². The maximum absolute atomic E-state index is 12.7. The number of aryl methyl sites for hydroxylation is 1. The second kappa shape index (κ2) is 6.96. The first-order chi connectivity index (χ1) is 12.3. The molecule has 0 saturated heterocycles. The van der Waals surface area contributed by atoms with Crippen molar-refractivity contribution in [1.29, 1.82) is 0 Å². The molecule has 1 aromatic carbocycles. The van der Waals surface area contributed by atoms with Crippen molar-refractivity contribution in [1.82, 2.24) is 9.55 Å². The number of ether oxygens (including phenoxy) is 1. The molecule has 3 rings (SSSR count). The van der Waals surface area contributed by atoms with Crippen LogP contribution in [-0.4, -0.2) is 61.5 Å². The van der Waals surface area contributed by atoms with E-state index < -0.39 is 37.1 Å². The fraction of sp³-hybridized carbons (Fsp3) is 0.556. The van der Waals surface area contributed by atoms with Crippen molar-refractivity contribution >= 4 is 11.0 Å². The number of hydrogen-bond donors (Lipinski definition) is 4. The highest BCUT2D eigenvalue weighted by Gasteiger charge is 2.31. The van der Waals surface area contributed by atoms with Crippen LogP contribution >= 0.6 is 0 Å². The molecule has 8 heteroatoms. The number of nitrogens with zero attached hydrogens (tertiary/aromatic N) is 2. The van der Waals surface area contributed by atoms with Crippen LogP contribution < -0.4 is 10.3 Å². The van der Waals surface area contributed by atoms with Crippen molar-refractivity contribution in [2.45, 2.75) is 50.5 Å². The van der Waals surface area contributed by atoms with Crippen molar-refractivity contribution < 1.29 is 25.2 Å². The van der Waals surface area contributed by atoms with Crippen LogP contribution in [0.2, 0.25) is 0 Å². The van der Waals surface area contributed by atoms with E-state index in [4.69, 9.17) is 9.84 Å². The van der Waals surface area contributed by atoms with Gasteiger partial charge in [-0.05, 0) is 23.5 Å². The van der Waals surface area contributed by atoms with E-state index in [9.17, 15) is 20.1 Å². The highest BCUT2D eigenvalue weighted by Crippen LogP contribution is 2.36. The summed E-state index contributed by atoms with van der Waals surface area (Å²) in [6.07, 6.45) is -3.76. The van der Waals surface area contributed by atoms with Crippen LogP contribution in [0.4, 0.5) is 0 Å². The van der Waals surface area contributed by atoms with E-state index in [2.05, 4.69) is 18.8 Å². The Morgan fingerprint density at radius 3 is 2.69 bits per heavy atom. The molecule has 1 aliphatic heterocycles. The van der Waals surface area contributed by atoms with Crippen LogP contribution in [0.3, 0.4) is 0 Å². The lowest BCUT2D eigenvalue weighted by Crippen LogP contribution is -2.43. The van der Waals surface area contributed by atoms with Crippen molar-refractivity contribution in [3.05, 3.63) is 34.1 Å². The molecule has 1 aromatic heterocycles. The summed E-state index contributed by atoms with van der Waals surface area (Å²) in [7, 11) is 0. The van der Waals surface area contributed by atoms with Gasteiger partial charge in [0, 0.05) is 6.54 Å². The molecule has 0 aliphatic carbocycles. The second-order valence-electron chi connectivity index (χ2n) is 7.30. The molecule has 0 spiro atoms. The largest absolute Gasteiger partial charge is 0.471 e. The summed E-state index contributed by atoms with van der Waals surface area (Å²) in [4.78, 5) is 17.0. The van der Waals surface area contributed by atoms with Gasteiger partial charge in [0.15, 0.2) is 0 Å². The van der Waals surface area contributed by atoms with Crippen molar-refractivity contribution in [2.24, 2.45) is 0 Å². The summed E-state index contributed by atoms with van der Waals surface area (Å²) in [6, 6.07) is 5.67. The van der Waals surface area contributed by atoms with Gasteiger partial charge in [0.05, 0.1) is 17.6 Å². The monoisotopic (exact) mass is 364 g/mol. The summed E-state index contributed by atoms with van der Waals surface area (Å²) in [5, 5.41) is 37.7. The third kappa shape index (κ3) is 3.21. The van der Waals surface area contributed by atoms with E-state index >= 15 is 0 Å². The first-order valence-corrected chi connectivity index (χ1v) is 8.58. The quantitative estimate of drug-likeness (QED) is 0.546. The minimum atomic E-state index is -1.59. The average Bonchev–Trinajstić information content (AvgIpc) is 2.63. The Bertz CT molecular complexity index is 863. The number of aliphatic hydroxyl groups is 4. The highest BCUT2D eigenvalue weighted by molar-refractivity contribution is 5.80. The van der Waals surface area contributed by atoms with E-state index in [1.165, 1.54) is 0 Å². The second-order valence-corrected chi connectivity index (χ2v) is 7.30. The minimum absolute atomic E-state index is 0.0588. The molecule has 0 amide bonds. The first-order valence-electron chi connectivity index (χ1n) is 8.58. The van der Waals surface area contributed by atoms with Crippen molar-refractivity contribution in [3.8, 4) is 5.88 Å². The molecule has 2 aromatic rings. The zero-order valence-corrected chi connectivity index (χ0v) is 14.8. The number of benzene rings is 1. The maximum Gasteiger partial charge on any atom is 0.313 e. The number of hydrogen-bond acceptors (Lipinski definition) is 7. The van der Waals surface area contributed by atoms with Gasteiger partial charge in [0.2, 0.25) is 0 Å². The SMILES string of the molecule is CC1(C)CCn2c(=O)c(OC[C@H](O)[C@H](O)[C@H](O)CO)nc3cccc1c32. The van der Waals surface area contributed by atoms with E-state index in [1.54, 1.807) is 10.6 Å². The molecule has 0 saturated carbocycles. The lowest BCUT2D eigenvalue weighted by molar-refractivity contribution is -0.0875. The molecule has 1 aliphatic rings. The third-order valence-electron chi connectivity index (χ3n) is 4.99. The minimum Gasteiger partial charge on any atom is -0.471 e. The number of aromatic nitrogens is 2. The standard InChI is InChI=1S/C18H24N2O6/c1-18(2)6-7-20-14-10(18)4-3-5-11(14)19-16(17(20)25)26-9-13(23)15(24)12(22)8-21/h3-5,12-13,15,21-24H,6-9H2,1-2H3/t12-,13+,15-/m1/s1. The predicted molar refractivity (Wildman–Crippen MR) is 94.2 cm³/mol. The Morgan fingerprint density at radius 2 is 2.00 bits per heavy atom. The molecular formula is C18H24N2O6. The Hall–Kier alpha value is -2.00. The predicted octanol–water partition coefficient (Wildman–Crippen LogP) is -0.468. The molecule has 0 radical (unpaired) electrons. The number of rotatable bonds is 6. The molecule has 8 nitrogen and oxygen atoms in total. The van der Waals surface area contributed by atoms with Crippen LogP contribution in [0.15, 0.2) is 23.0 Å². The van der Waals surface area contributed by atoms with Gasteiger partial charge >= 0.3 is 5.56 Å². The molecule has 0 bridgehead atoms. The van der Waals surface area contributed by atoms with Gasteiger partial charge < -0.3 is 29.7 Å². The average molecular weight is 364 g/mol. The Morgan fingerprint density at radius 1 is 1.27 bits per heavy atom. The maximum atomic E-state index is 12.7. The van der Waals surface area contributed by atoms with Gasteiger partial charge in [-0.1, -0.05) is 26.0 Å². The molecule has 26 heavy (non-hydrogen) atoms. The van der Waals surface area contributed by atoms with Gasteiger partial charge in [0.25, 0.3) is 5.88 Å². The summed E-state index contributed by atoms with van der Waals surface area (Å²) < 4.78 is 6.96. The van der Waals surface area contributed by atoms with Crippen LogP contribution in [0.25, 0.3) is 11.0 Å². The van der Waals surface area contributed by atoms with E-state index in [0.29, 0.717) is 12.1 Å². The van der Waals surface area contributed by atoms with Gasteiger partial charge in [-0.15, -0.1) is 0 Å². The lowest BCUT2D eigenvalue weighted by atomic mass is 9.79. The van der Waals surface area contributed by atoms with E-state index in [-0.39, 0.29) is 11.3 Å². The zero-order valence-electron chi connectivity index (χ0n) is 14.8. The lowest BCUT2D eigenvalue weighted by Gasteiger charge is -2.32. The summed E-state index contributed by atoms with van der Waals surface area (Å²) in [5.41, 5.74) is 2.01. The van der Waals surface area contributed by atoms with Gasteiger partial charge in [-0.2, -0.15) is 0 Å². The molecule has 0 fully saturated rings. The molecule has 2 heterocycles. The van der Waals surface area contributed by atoms with Gasteiger partial charge in [-0.25, -0.2) is 4.98 Å². The smallest absolute Gasteiger partial charge is 0.313 e. The first kappa shape index (κ1) is 18.8. The molecular weight excluding hydrogens is 340 g/mol. The molecule has 0 unspecified atom stereocenters. The van der Waals surface area contributed by atoms with Crippen LogP contribution in [0, 0.1) is 0 Å². The zero-order chi connectivity index (χ0) is 19.1. The van der Waals surface area contributed by atoms with Crippen molar-refractivity contribution in [3.63, 3.8) is 0 Å². The Kier molecular flexibility index (Phi) is 5.03. The molecule has 3 atom stereocenters. The van der Waals surface area contributed by atoms with Gasteiger partial charge in [-0.3, -0.25) is 4.79 Å². The van der Waals surface area contributed by atoms with Crippen LogP contribution in [0.1, 0.15) is 25.8 Å². The summed E-state index contributed by atoms with van der Waals surface area (Å²) >= 11 is 0. The van der Waals surface area contributed by atoms with Gasteiger partial charge in [0.1, 0.15) is 24.9 Å². The highest BCUT2D eigenvalue weighted by atomic mass is 16.5. The normalized spacial score (nSPS) is 19.2. The molecule has 142 valence electrons. The number of aliphatic hydroxyl groups excluding tert-OH is 4. The summed E-state index contributed by atoms with van der Waals surface area (Å²) in [6.45, 7) is 3.66. The third-order valence-corrected chi connectivity index (χ3v) is 4.99. The summed E-state index contributed by atoms with van der Waals surface area (Å²) in [5.74, 6) is -0.168. The molecule has 4 N–H and O–H groups in total. The number of para-hydroxylation sites is 1. The topological polar surface area (TPSA) is 125 Å². The van der Waals surface area contributed by atoms with E-state index in [1.807, 2.05) is 12.1 Å². The van der Waals surface area contributed by atoms with Crippen molar-refractivity contribution in [2.75, 3.05) is 13.2 Å². The fourth-order valence-electron chi connectivity index (χ4n) is 3.29. The van der Waals surface area contributed by atoms with E-state index in [0.717, 1.165) is 17.5 Å².